The van der Waals surface area contributed by atoms with Crippen LogP contribution in [0.15, 0.2) is 36.5 Å². The number of alkyl halides is 2. The number of amides is 1. The Morgan fingerprint density at radius 2 is 2.10 bits per heavy atom. The SMILES string of the molecule is O=C(Nc1ccc(O)c(F)c1)c1cccn1CC(F)F. The van der Waals surface area contributed by atoms with Crippen LogP contribution in [0.5, 0.6) is 5.75 Å². The van der Waals surface area contributed by atoms with E-state index in [1.165, 1.54) is 24.4 Å². The van der Waals surface area contributed by atoms with E-state index in [0.29, 0.717) is 0 Å². The predicted molar refractivity (Wildman–Crippen MR) is 66.5 cm³/mol. The molecule has 0 unspecified atom stereocenters. The molecule has 1 amide bonds. The first-order chi connectivity index (χ1) is 9.47. The van der Waals surface area contributed by atoms with E-state index in [1.54, 1.807) is 0 Å². The molecule has 1 aromatic heterocycles. The summed E-state index contributed by atoms with van der Waals surface area (Å²) < 4.78 is 38.9. The van der Waals surface area contributed by atoms with Crippen molar-refractivity contribution in [2.24, 2.45) is 0 Å². The molecule has 0 radical (unpaired) electrons. The number of phenolic OH excluding ortho intramolecular Hbond substituents is 1. The summed E-state index contributed by atoms with van der Waals surface area (Å²) in [5.41, 5.74) is 0.161. The van der Waals surface area contributed by atoms with Gasteiger partial charge >= 0.3 is 0 Å². The standard InChI is InChI=1S/C13H11F3N2O2/c14-9-6-8(3-4-11(9)19)17-13(20)10-2-1-5-18(10)7-12(15)16/h1-6,12,19H,7H2,(H,17,20). The van der Waals surface area contributed by atoms with Gasteiger partial charge < -0.3 is 15.0 Å². The summed E-state index contributed by atoms with van der Waals surface area (Å²) in [6.07, 6.45) is -1.22. The van der Waals surface area contributed by atoms with Crippen LogP contribution >= 0.6 is 0 Å². The zero-order valence-electron chi connectivity index (χ0n) is 10.2. The van der Waals surface area contributed by atoms with Crippen LogP contribution in [0.25, 0.3) is 0 Å². The molecule has 2 rings (SSSR count). The number of rotatable bonds is 4. The number of halogens is 3. The Morgan fingerprint density at radius 3 is 2.75 bits per heavy atom. The third-order valence-electron chi connectivity index (χ3n) is 2.60. The number of nitrogens with one attached hydrogen (secondary N) is 1. The van der Waals surface area contributed by atoms with Gasteiger partial charge in [-0.05, 0) is 24.3 Å². The van der Waals surface area contributed by atoms with Gasteiger partial charge in [-0.3, -0.25) is 4.79 Å². The lowest BCUT2D eigenvalue weighted by atomic mass is 10.2. The van der Waals surface area contributed by atoms with E-state index in [1.807, 2.05) is 0 Å². The number of carbonyl (C=O) groups is 1. The van der Waals surface area contributed by atoms with Crippen molar-refractivity contribution in [3.8, 4) is 5.75 Å². The van der Waals surface area contributed by atoms with Crippen LogP contribution in [0, 0.1) is 5.82 Å². The average molecular weight is 284 g/mol. The largest absolute Gasteiger partial charge is 0.505 e. The summed E-state index contributed by atoms with van der Waals surface area (Å²) >= 11 is 0. The second-order valence-corrected chi connectivity index (χ2v) is 4.06. The molecule has 0 bridgehead atoms. The quantitative estimate of drug-likeness (QED) is 0.848. The van der Waals surface area contributed by atoms with Crippen molar-refractivity contribution in [1.82, 2.24) is 4.57 Å². The second kappa shape index (κ2) is 5.68. The number of phenols is 1. The highest BCUT2D eigenvalue weighted by Crippen LogP contribution is 2.20. The average Bonchev–Trinajstić information content (AvgIpc) is 2.81. The smallest absolute Gasteiger partial charge is 0.272 e. The van der Waals surface area contributed by atoms with Gasteiger partial charge in [0, 0.05) is 18.0 Å². The van der Waals surface area contributed by atoms with Crippen LogP contribution in [-0.2, 0) is 6.54 Å². The fourth-order valence-corrected chi connectivity index (χ4v) is 1.71. The minimum Gasteiger partial charge on any atom is -0.505 e. The van der Waals surface area contributed by atoms with Crippen LogP contribution in [0.1, 0.15) is 10.5 Å². The lowest BCUT2D eigenvalue weighted by Gasteiger charge is -2.09. The van der Waals surface area contributed by atoms with Crippen molar-refractivity contribution in [2.75, 3.05) is 5.32 Å². The van der Waals surface area contributed by atoms with Gasteiger partial charge in [0.05, 0.1) is 6.54 Å². The Bertz CT molecular complexity index is 626. The summed E-state index contributed by atoms with van der Waals surface area (Å²) in [6.45, 7) is -0.598. The van der Waals surface area contributed by atoms with Crippen LogP contribution in [0.2, 0.25) is 0 Å². The molecule has 0 aliphatic carbocycles. The zero-order valence-corrected chi connectivity index (χ0v) is 10.2. The molecule has 4 nitrogen and oxygen atoms in total. The van der Waals surface area contributed by atoms with E-state index >= 15 is 0 Å². The third kappa shape index (κ3) is 3.11. The predicted octanol–water partition coefficient (Wildman–Crippen LogP) is 2.85. The van der Waals surface area contributed by atoms with Crippen molar-refractivity contribution in [1.29, 1.82) is 0 Å². The van der Waals surface area contributed by atoms with Crippen LogP contribution < -0.4 is 5.32 Å². The maximum Gasteiger partial charge on any atom is 0.272 e. The van der Waals surface area contributed by atoms with Crippen LogP contribution in [-0.4, -0.2) is 22.0 Å². The Balaban J connectivity index is 2.15. The molecule has 1 aromatic carbocycles. The lowest BCUT2D eigenvalue weighted by Crippen LogP contribution is -2.18. The number of benzene rings is 1. The van der Waals surface area contributed by atoms with E-state index in [-0.39, 0.29) is 11.4 Å². The minimum atomic E-state index is -2.58. The van der Waals surface area contributed by atoms with Gasteiger partial charge in [0.2, 0.25) is 0 Å². The summed E-state index contributed by atoms with van der Waals surface area (Å²) in [7, 11) is 0. The number of aromatic nitrogens is 1. The van der Waals surface area contributed by atoms with Gasteiger partial charge in [-0.15, -0.1) is 0 Å². The van der Waals surface area contributed by atoms with Gasteiger partial charge in [0.15, 0.2) is 11.6 Å². The Morgan fingerprint density at radius 1 is 1.35 bits per heavy atom. The fourth-order valence-electron chi connectivity index (χ4n) is 1.71. The summed E-state index contributed by atoms with van der Waals surface area (Å²) in [4.78, 5) is 11.9. The lowest BCUT2D eigenvalue weighted by molar-refractivity contribution is 0.0997. The highest BCUT2D eigenvalue weighted by molar-refractivity contribution is 6.03. The van der Waals surface area contributed by atoms with Gasteiger partial charge in [0.1, 0.15) is 5.69 Å². The molecule has 0 aliphatic heterocycles. The molecule has 1 heterocycles. The Labute approximate surface area is 112 Å². The van der Waals surface area contributed by atoms with Crippen LogP contribution in [0.4, 0.5) is 18.9 Å². The van der Waals surface area contributed by atoms with Crippen molar-refractivity contribution in [2.45, 2.75) is 13.0 Å². The first-order valence-corrected chi connectivity index (χ1v) is 5.70. The number of hydrogen-bond donors (Lipinski definition) is 2. The first kappa shape index (κ1) is 14.0. The molecule has 0 aliphatic rings. The van der Waals surface area contributed by atoms with Crippen molar-refractivity contribution in [3.05, 3.63) is 48.0 Å². The number of hydrogen-bond acceptors (Lipinski definition) is 2. The molecule has 2 aromatic rings. The molecule has 7 heteroatoms. The van der Waals surface area contributed by atoms with Gasteiger partial charge in [-0.25, -0.2) is 13.2 Å². The fraction of sp³-hybridized carbons (Fsp3) is 0.154. The Hall–Kier alpha value is -2.44. The van der Waals surface area contributed by atoms with Crippen molar-refractivity contribution in [3.63, 3.8) is 0 Å². The number of aromatic hydroxyl groups is 1. The molecule has 106 valence electrons. The third-order valence-corrected chi connectivity index (χ3v) is 2.60. The highest BCUT2D eigenvalue weighted by Gasteiger charge is 2.14. The highest BCUT2D eigenvalue weighted by atomic mass is 19.3. The molecule has 0 fully saturated rings. The van der Waals surface area contributed by atoms with E-state index in [0.717, 1.165) is 16.7 Å². The van der Waals surface area contributed by atoms with Gasteiger partial charge in [-0.2, -0.15) is 0 Å². The van der Waals surface area contributed by atoms with E-state index < -0.39 is 30.4 Å². The molecule has 0 atom stereocenters. The minimum absolute atomic E-state index is 0.0405. The monoisotopic (exact) mass is 284 g/mol. The molecule has 0 saturated heterocycles. The topological polar surface area (TPSA) is 54.3 Å². The molecule has 0 saturated carbocycles. The molecular formula is C13H11F3N2O2. The Kier molecular flexibility index (Phi) is 3.97. The number of anilines is 1. The second-order valence-electron chi connectivity index (χ2n) is 4.06. The molecule has 0 spiro atoms. The van der Waals surface area contributed by atoms with Crippen molar-refractivity contribution < 1.29 is 23.1 Å². The molecule has 2 N–H and O–H groups in total. The zero-order chi connectivity index (χ0) is 14.7. The molecule has 20 heavy (non-hydrogen) atoms. The van der Waals surface area contributed by atoms with E-state index in [9.17, 15) is 18.0 Å². The van der Waals surface area contributed by atoms with Gasteiger partial charge in [-0.1, -0.05) is 0 Å². The summed E-state index contributed by atoms with van der Waals surface area (Å²) in [6, 6.07) is 6.18. The van der Waals surface area contributed by atoms with Crippen molar-refractivity contribution >= 4 is 11.6 Å². The maximum absolute atomic E-state index is 13.1. The van der Waals surface area contributed by atoms with Crippen LogP contribution in [0.3, 0.4) is 0 Å². The summed E-state index contributed by atoms with van der Waals surface area (Å²) in [5.74, 6) is -2.06. The summed E-state index contributed by atoms with van der Waals surface area (Å²) in [5, 5.41) is 11.4. The normalized spacial score (nSPS) is 10.8. The maximum atomic E-state index is 13.1. The van der Waals surface area contributed by atoms with E-state index in [4.69, 9.17) is 5.11 Å². The van der Waals surface area contributed by atoms with E-state index in [2.05, 4.69) is 5.32 Å². The van der Waals surface area contributed by atoms with Gasteiger partial charge in [0.25, 0.3) is 12.3 Å². The first-order valence-electron chi connectivity index (χ1n) is 5.70. The molecular weight excluding hydrogens is 273 g/mol. The number of nitrogens with zero attached hydrogens (tertiary/aromatic N) is 1. The number of carbonyl (C=O) groups excluding carboxylic acids is 1.